The number of nitrogens with zero attached hydrogens (tertiary/aromatic N) is 2. The molecule has 0 bridgehead atoms. The lowest BCUT2D eigenvalue weighted by molar-refractivity contribution is -0.128. The number of rotatable bonds is 6. The van der Waals surface area contributed by atoms with Crippen molar-refractivity contribution in [3.8, 4) is 0 Å². The molecule has 172 valence electrons. The molecule has 2 aromatic rings. The summed E-state index contributed by atoms with van der Waals surface area (Å²) in [6.07, 6.45) is 0.0220. The summed E-state index contributed by atoms with van der Waals surface area (Å²) in [6, 6.07) is 12.7. The van der Waals surface area contributed by atoms with Gasteiger partial charge in [0.1, 0.15) is 5.25 Å². The minimum Gasteiger partial charge on any atom is -0.465 e. The molecule has 10 heteroatoms. The number of carbonyl (C=O) groups excluding carboxylic acids is 4. The quantitative estimate of drug-likeness (QED) is 0.646. The maximum absolute atomic E-state index is 12.8. The van der Waals surface area contributed by atoms with Crippen molar-refractivity contribution in [2.75, 3.05) is 26.1 Å². The van der Waals surface area contributed by atoms with Crippen LogP contribution in [0.25, 0.3) is 0 Å². The second kappa shape index (κ2) is 10.8. The van der Waals surface area contributed by atoms with Gasteiger partial charge in [-0.1, -0.05) is 11.8 Å². The highest BCUT2D eigenvalue weighted by atomic mass is 32.2. The van der Waals surface area contributed by atoms with E-state index >= 15 is 0 Å². The fourth-order valence-electron chi connectivity index (χ4n) is 2.92. The van der Waals surface area contributed by atoms with Crippen molar-refractivity contribution in [2.45, 2.75) is 18.6 Å². The molecule has 33 heavy (non-hydrogen) atoms. The molecule has 1 atom stereocenters. The first kappa shape index (κ1) is 24.0. The molecule has 0 radical (unpaired) electrons. The van der Waals surface area contributed by atoms with Gasteiger partial charge in [-0.2, -0.15) is 0 Å². The summed E-state index contributed by atoms with van der Waals surface area (Å²) < 4.78 is 9.62. The number of thioether (sulfide) groups is 1. The zero-order valence-corrected chi connectivity index (χ0v) is 19.2. The summed E-state index contributed by atoms with van der Waals surface area (Å²) in [5, 5.41) is 2.46. The molecule has 1 unspecified atom stereocenters. The average Bonchev–Trinajstić information content (AvgIpc) is 2.82. The van der Waals surface area contributed by atoms with E-state index in [1.54, 1.807) is 62.5 Å². The molecule has 1 N–H and O–H groups in total. The van der Waals surface area contributed by atoms with Gasteiger partial charge in [0.15, 0.2) is 5.17 Å². The van der Waals surface area contributed by atoms with Crippen molar-refractivity contribution in [1.29, 1.82) is 0 Å². The summed E-state index contributed by atoms with van der Waals surface area (Å²) in [5.74, 6) is -1.48. The Bertz CT molecular complexity index is 1080. The Balaban J connectivity index is 1.70. The van der Waals surface area contributed by atoms with Crippen molar-refractivity contribution in [3.05, 3.63) is 59.7 Å². The fourth-order valence-corrected chi connectivity index (χ4v) is 3.99. The van der Waals surface area contributed by atoms with Crippen LogP contribution in [0.15, 0.2) is 53.5 Å². The summed E-state index contributed by atoms with van der Waals surface area (Å²) in [7, 11) is 2.90. The van der Waals surface area contributed by atoms with Crippen LogP contribution >= 0.6 is 11.8 Å². The lowest BCUT2D eigenvalue weighted by atomic mass is 10.2. The van der Waals surface area contributed by atoms with Crippen LogP contribution in [0.3, 0.4) is 0 Å². The highest BCUT2D eigenvalue weighted by Gasteiger charge is 2.34. The Morgan fingerprint density at radius 2 is 1.67 bits per heavy atom. The largest absolute Gasteiger partial charge is 0.465 e. The van der Waals surface area contributed by atoms with E-state index < -0.39 is 17.2 Å². The second-order valence-corrected chi connectivity index (χ2v) is 8.15. The van der Waals surface area contributed by atoms with Crippen LogP contribution in [0.1, 0.15) is 34.1 Å². The third-order valence-electron chi connectivity index (χ3n) is 4.74. The lowest BCUT2D eigenvalue weighted by Crippen LogP contribution is -2.43. The van der Waals surface area contributed by atoms with Gasteiger partial charge in [0.25, 0.3) is 0 Å². The van der Waals surface area contributed by atoms with Gasteiger partial charge in [0.2, 0.25) is 11.8 Å². The standard InChI is InChI=1S/C23H23N3O6S/c1-4-32-22(30)15-7-9-16(10-8-15)24-20(28)18-13-19(27)26(2)23(33-18)25-17-11-5-14(6-12-17)21(29)31-3/h5-12,18H,4,13H2,1-3H3,(H,24,28). The van der Waals surface area contributed by atoms with E-state index in [0.29, 0.717) is 27.7 Å². The normalized spacial score (nSPS) is 16.9. The number of ether oxygens (including phenoxy) is 2. The first-order valence-electron chi connectivity index (χ1n) is 10.1. The number of anilines is 1. The lowest BCUT2D eigenvalue weighted by Gasteiger charge is -2.28. The number of hydrogen-bond donors (Lipinski definition) is 1. The molecule has 1 fully saturated rings. The molecule has 0 aliphatic carbocycles. The topological polar surface area (TPSA) is 114 Å². The zero-order chi connectivity index (χ0) is 24.0. The minimum atomic E-state index is -0.675. The molecule has 3 rings (SSSR count). The van der Waals surface area contributed by atoms with E-state index in [0.717, 1.165) is 0 Å². The van der Waals surface area contributed by atoms with Crippen LogP contribution < -0.4 is 5.32 Å². The monoisotopic (exact) mass is 469 g/mol. The van der Waals surface area contributed by atoms with Crippen molar-refractivity contribution in [1.82, 2.24) is 4.90 Å². The maximum atomic E-state index is 12.8. The van der Waals surface area contributed by atoms with Crippen LogP contribution in [0.5, 0.6) is 0 Å². The van der Waals surface area contributed by atoms with Crippen LogP contribution in [0, 0.1) is 0 Å². The molecule has 2 amide bonds. The number of amides is 2. The van der Waals surface area contributed by atoms with Crippen molar-refractivity contribution < 1.29 is 28.7 Å². The predicted molar refractivity (Wildman–Crippen MR) is 125 cm³/mol. The Hall–Kier alpha value is -3.66. The highest BCUT2D eigenvalue weighted by Crippen LogP contribution is 2.29. The number of carbonyl (C=O) groups is 4. The van der Waals surface area contributed by atoms with E-state index in [1.807, 2.05) is 0 Å². The third kappa shape index (κ3) is 5.98. The average molecular weight is 470 g/mol. The molecular formula is C23H23N3O6S. The number of aliphatic imine (C=N–C) groups is 1. The van der Waals surface area contributed by atoms with Gasteiger partial charge in [0.05, 0.1) is 30.5 Å². The number of methoxy groups -OCH3 is 1. The van der Waals surface area contributed by atoms with Crippen LogP contribution in [0.4, 0.5) is 11.4 Å². The molecule has 1 heterocycles. The smallest absolute Gasteiger partial charge is 0.338 e. The molecule has 1 aliphatic rings. The Morgan fingerprint density at radius 3 is 2.27 bits per heavy atom. The van der Waals surface area contributed by atoms with Gasteiger partial charge in [-0.15, -0.1) is 0 Å². The summed E-state index contributed by atoms with van der Waals surface area (Å²) in [5.41, 5.74) is 1.79. The molecular weight excluding hydrogens is 446 g/mol. The first-order chi connectivity index (χ1) is 15.8. The van der Waals surface area contributed by atoms with E-state index in [2.05, 4.69) is 15.0 Å². The van der Waals surface area contributed by atoms with Crippen LogP contribution in [-0.4, -0.2) is 59.8 Å². The highest BCUT2D eigenvalue weighted by molar-refractivity contribution is 8.15. The molecule has 9 nitrogen and oxygen atoms in total. The summed E-state index contributed by atoms with van der Waals surface area (Å²) >= 11 is 1.17. The van der Waals surface area contributed by atoms with E-state index in [9.17, 15) is 19.2 Å². The van der Waals surface area contributed by atoms with Crippen LogP contribution in [0.2, 0.25) is 0 Å². The molecule has 0 spiro atoms. The van der Waals surface area contributed by atoms with Gasteiger partial charge in [-0.3, -0.25) is 14.5 Å². The van der Waals surface area contributed by atoms with E-state index in [4.69, 9.17) is 4.74 Å². The van der Waals surface area contributed by atoms with Gasteiger partial charge in [-0.25, -0.2) is 14.6 Å². The number of esters is 2. The van der Waals surface area contributed by atoms with Crippen molar-refractivity contribution in [3.63, 3.8) is 0 Å². The van der Waals surface area contributed by atoms with Crippen LogP contribution in [-0.2, 0) is 19.1 Å². The summed E-state index contributed by atoms with van der Waals surface area (Å²) in [4.78, 5) is 54.5. The molecule has 0 saturated carbocycles. The van der Waals surface area contributed by atoms with E-state index in [1.165, 1.54) is 23.8 Å². The van der Waals surface area contributed by atoms with Gasteiger partial charge in [0, 0.05) is 19.2 Å². The first-order valence-corrected chi connectivity index (χ1v) is 11.0. The summed E-state index contributed by atoms with van der Waals surface area (Å²) in [6.45, 7) is 2.00. The Labute approximate surface area is 195 Å². The Morgan fingerprint density at radius 1 is 1.06 bits per heavy atom. The fraction of sp³-hybridized carbons (Fsp3) is 0.261. The zero-order valence-electron chi connectivity index (χ0n) is 18.4. The Kier molecular flexibility index (Phi) is 7.83. The van der Waals surface area contributed by atoms with E-state index in [-0.39, 0.29) is 24.8 Å². The number of hydrogen-bond acceptors (Lipinski definition) is 8. The van der Waals surface area contributed by atoms with Crippen molar-refractivity contribution in [2.24, 2.45) is 4.99 Å². The number of nitrogens with one attached hydrogen (secondary N) is 1. The van der Waals surface area contributed by atoms with Gasteiger partial charge in [-0.05, 0) is 55.5 Å². The number of benzene rings is 2. The van der Waals surface area contributed by atoms with Gasteiger partial charge < -0.3 is 14.8 Å². The van der Waals surface area contributed by atoms with Crippen molar-refractivity contribution >= 4 is 52.1 Å². The maximum Gasteiger partial charge on any atom is 0.338 e. The molecule has 1 saturated heterocycles. The molecule has 2 aromatic carbocycles. The second-order valence-electron chi connectivity index (χ2n) is 6.98. The molecule has 0 aromatic heterocycles. The SMILES string of the molecule is CCOC(=O)c1ccc(NC(=O)C2CC(=O)N(C)C(=Nc3ccc(C(=O)OC)cc3)S2)cc1. The predicted octanol–water partition coefficient (Wildman–Crippen LogP) is 3.24. The molecule has 1 aliphatic heterocycles. The van der Waals surface area contributed by atoms with Gasteiger partial charge >= 0.3 is 11.9 Å². The number of amidine groups is 1. The minimum absolute atomic E-state index is 0.0220. The third-order valence-corrected chi connectivity index (χ3v) is 5.98.